The number of rotatable bonds is 4. The summed E-state index contributed by atoms with van der Waals surface area (Å²) in [6, 6.07) is 11.9. The highest BCUT2D eigenvalue weighted by Crippen LogP contribution is 2.48. The molecule has 0 bridgehead atoms. The van der Waals surface area contributed by atoms with Crippen molar-refractivity contribution in [1.29, 1.82) is 0 Å². The maximum atomic E-state index is 11.4. The quantitative estimate of drug-likeness (QED) is 0.669. The van der Waals surface area contributed by atoms with Gasteiger partial charge in [-0.3, -0.25) is 9.78 Å². The molecule has 0 amide bonds. The summed E-state index contributed by atoms with van der Waals surface area (Å²) in [6.07, 6.45) is 1.12. The van der Waals surface area contributed by atoms with Crippen LogP contribution in [0.15, 0.2) is 46.3 Å². The zero-order valence-corrected chi connectivity index (χ0v) is 12.1. The molecule has 0 radical (unpaired) electrons. The van der Waals surface area contributed by atoms with Crippen LogP contribution >= 0.6 is 0 Å². The van der Waals surface area contributed by atoms with Crippen LogP contribution in [0.5, 0.6) is 0 Å². The van der Waals surface area contributed by atoms with Crippen molar-refractivity contribution in [3.05, 3.63) is 58.0 Å². The van der Waals surface area contributed by atoms with Crippen molar-refractivity contribution in [3.63, 3.8) is 0 Å². The normalized spacial score (nSPS) is 21.1. The second-order valence-electron chi connectivity index (χ2n) is 5.46. The molecule has 1 aliphatic rings. The van der Waals surface area contributed by atoms with Crippen LogP contribution in [-0.4, -0.2) is 15.7 Å². The fraction of sp³-hybridized carbons (Fsp3) is 0.312. The van der Waals surface area contributed by atoms with Gasteiger partial charge in [-0.1, -0.05) is 30.3 Å². The monoisotopic (exact) mass is 282 g/mol. The van der Waals surface area contributed by atoms with Crippen LogP contribution in [0, 0.1) is 12.8 Å². The highest BCUT2D eigenvalue weighted by molar-refractivity contribution is 5.88. The van der Waals surface area contributed by atoms with Gasteiger partial charge in [-0.15, -0.1) is 0 Å². The number of aromatic nitrogens is 2. The Morgan fingerprint density at radius 2 is 2.14 bits per heavy atom. The highest BCUT2D eigenvalue weighted by Gasteiger charge is 2.40. The van der Waals surface area contributed by atoms with E-state index in [1.54, 1.807) is 6.92 Å². The van der Waals surface area contributed by atoms with Gasteiger partial charge in [0.05, 0.1) is 0 Å². The van der Waals surface area contributed by atoms with Gasteiger partial charge in [-0.25, -0.2) is 10.4 Å². The van der Waals surface area contributed by atoms with Crippen LogP contribution in [-0.2, 0) is 0 Å². The van der Waals surface area contributed by atoms with Crippen molar-refractivity contribution in [2.45, 2.75) is 26.2 Å². The van der Waals surface area contributed by atoms with E-state index < -0.39 is 0 Å². The molecule has 108 valence electrons. The Labute approximate surface area is 123 Å². The van der Waals surface area contributed by atoms with E-state index in [0.717, 1.165) is 12.1 Å². The van der Waals surface area contributed by atoms with Gasteiger partial charge in [0, 0.05) is 23.4 Å². The van der Waals surface area contributed by atoms with Crippen LogP contribution in [0.2, 0.25) is 0 Å². The summed E-state index contributed by atoms with van der Waals surface area (Å²) in [7, 11) is 0. The second-order valence-corrected chi connectivity index (χ2v) is 5.46. The first-order valence-electron chi connectivity index (χ1n) is 7.06. The van der Waals surface area contributed by atoms with E-state index in [9.17, 15) is 4.79 Å². The minimum absolute atomic E-state index is 0.175. The Morgan fingerprint density at radius 1 is 1.38 bits per heavy atom. The summed E-state index contributed by atoms with van der Waals surface area (Å²) < 4.78 is 0. The van der Waals surface area contributed by atoms with E-state index in [2.05, 4.69) is 44.8 Å². The number of H-pyrrole nitrogens is 1. The minimum atomic E-state index is -0.175. The molecule has 2 unspecified atom stereocenters. The van der Waals surface area contributed by atoms with Crippen molar-refractivity contribution in [2.75, 3.05) is 5.43 Å². The number of nitrogens with one attached hydrogen (secondary N) is 2. The zero-order valence-electron chi connectivity index (χ0n) is 12.1. The maximum Gasteiger partial charge on any atom is 0.252 e. The van der Waals surface area contributed by atoms with Crippen molar-refractivity contribution in [3.8, 4) is 0 Å². The number of aromatic amines is 1. The highest BCUT2D eigenvalue weighted by atomic mass is 16.1. The van der Waals surface area contributed by atoms with E-state index in [0.29, 0.717) is 23.5 Å². The van der Waals surface area contributed by atoms with Crippen molar-refractivity contribution >= 4 is 11.7 Å². The molecule has 21 heavy (non-hydrogen) atoms. The number of benzene rings is 1. The second kappa shape index (κ2) is 5.52. The maximum absolute atomic E-state index is 11.4. The molecule has 0 saturated heterocycles. The number of hydrazone groups is 1. The molecule has 3 rings (SSSR count). The molecule has 1 heterocycles. The fourth-order valence-electron chi connectivity index (χ4n) is 2.58. The summed E-state index contributed by atoms with van der Waals surface area (Å²) in [4.78, 5) is 18.2. The summed E-state index contributed by atoms with van der Waals surface area (Å²) in [6.45, 7) is 3.79. The van der Waals surface area contributed by atoms with E-state index in [-0.39, 0.29) is 5.56 Å². The average molecular weight is 282 g/mol. The third-order valence-corrected chi connectivity index (χ3v) is 3.76. The third-order valence-electron chi connectivity index (χ3n) is 3.76. The SMILES string of the molecule is C/C(=N\Nc1nc(C)cc(=O)[nH]1)C1CC1c1ccccc1. The lowest BCUT2D eigenvalue weighted by molar-refractivity contribution is 1.01. The molecule has 5 heteroatoms. The van der Waals surface area contributed by atoms with Crippen molar-refractivity contribution < 1.29 is 0 Å². The summed E-state index contributed by atoms with van der Waals surface area (Å²) in [5.41, 5.74) is 5.73. The van der Waals surface area contributed by atoms with Crippen LogP contribution < -0.4 is 11.0 Å². The number of anilines is 1. The number of hydrogen-bond donors (Lipinski definition) is 2. The Balaban J connectivity index is 1.66. The first-order chi connectivity index (χ1) is 10.1. The number of aryl methyl sites for hydroxylation is 1. The van der Waals surface area contributed by atoms with Gasteiger partial charge >= 0.3 is 0 Å². The number of nitrogens with zero attached hydrogens (tertiary/aromatic N) is 2. The molecule has 1 aromatic heterocycles. The molecule has 1 fully saturated rings. The summed E-state index contributed by atoms with van der Waals surface area (Å²) in [5, 5.41) is 4.35. The molecule has 2 atom stereocenters. The Hall–Kier alpha value is -2.43. The molecular formula is C16H18N4O. The Kier molecular flexibility index (Phi) is 3.56. The van der Waals surface area contributed by atoms with Gasteiger partial charge in [0.15, 0.2) is 0 Å². The molecule has 2 N–H and O–H groups in total. The Bertz CT molecular complexity index is 721. The van der Waals surface area contributed by atoms with E-state index in [1.807, 2.05) is 13.0 Å². The topological polar surface area (TPSA) is 70.1 Å². The van der Waals surface area contributed by atoms with Crippen LogP contribution in [0.4, 0.5) is 5.95 Å². The lowest BCUT2D eigenvalue weighted by atomic mass is 10.1. The van der Waals surface area contributed by atoms with Gasteiger partial charge < -0.3 is 0 Å². The predicted molar refractivity (Wildman–Crippen MR) is 83.6 cm³/mol. The van der Waals surface area contributed by atoms with Crippen molar-refractivity contribution in [2.24, 2.45) is 11.0 Å². The predicted octanol–water partition coefficient (Wildman–Crippen LogP) is 2.67. The zero-order chi connectivity index (χ0) is 14.8. The molecule has 0 spiro atoms. The third kappa shape index (κ3) is 3.18. The fourth-order valence-corrected chi connectivity index (χ4v) is 2.58. The van der Waals surface area contributed by atoms with Crippen LogP contribution in [0.25, 0.3) is 0 Å². The summed E-state index contributed by atoms with van der Waals surface area (Å²) >= 11 is 0. The average Bonchev–Trinajstić information content (AvgIpc) is 3.25. The van der Waals surface area contributed by atoms with Gasteiger partial charge in [-0.05, 0) is 31.7 Å². The summed E-state index contributed by atoms with van der Waals surface area (Å²) in [5.74, 6) is 1.41. The first-order valence-corrected chi connectivity index (χ1v) is 7.06. The van der Waals surface area contributed by atoms with Gasteiger partial charge in [-0.2, -0.15) is 5.10 Å². The lowest BCUT2D eigenvalue weighted by Crippen LogP contribution is -2.11. The van der Waals surface area contributed by atoms with Crippen LogP contribution in [0.3, 0.4) is 0 Å². The van der Waals surface area contributed by atoms with Gasteiger partial charge in [0.1, 0.15) is 0 Å². The molecule has 1 saturated carbocycles. The molecule has 5 nitrogen and oxygen atoms in total. The van der Waals surface area contributed by atoms with E-state index in [4.69, 9.17) is 0 Å². The Morgan fingerprint density at radius 3 is 2.86 bits per heavy atom. The minimum Gasteiger partial charge on any atom is -0.291 e. The molecular weight excluding hydrogens is 264 g/mol. The molecule has 1 aliphatic carbocycles. The smallest absolute Gasteiger partial charge is 0.252 e. The van der Waals surface area contributed by atoms with E-state index in [1.165, 1.54) is 11.6 Å². The van der Waals surface area contributed by atoms with Crippen molar-refractivity contribution in [1.82, 2.24) is 9.97 Å². The standard InChI is InChI=1S/C16H18N4O/c1-10-8-15(21)18-16(17-10)20-19-11(2)13-9-14(13)12-6-4-3-5-7-12/h3-8,13-14H,9H2,1-2H3,(H2,17,18,20,21)/b19-11+. The van der Waals surface area contributed by atoms with E-state index >= 15 is 0 Å². The molecule has 2 aromatic rings. The molecule has 1 aromatic carbocycles. The largest absolute Gasteiger partial charge is 0.291 e. The number of hydrogen-bond acceptors (Lipinski definition) is 4. The van der Waals surface area contributed by atoms with Gasteiger partial charge in [0.25, 0.3) is 5.56 Å². The van der Waals surface area contributed by atoms with Crippen LogP contribution in [0.1, 0.15) is 30.5 Å². The van der Waals surface area contributed by atoms with Gasteiger partial charge in [0.2, 0.25) is 5.95 Å². The molecule has 0 aliphatic heterocycles. The first kappa shape index (κ1) is 13.5. The lowest BCUT2D eigenvalue weighted by Gasteiger charge is -2.03.